The van der Waals surface area contributed by atoms with Crippen molar-refractivity contribution in [1.29, 1.82) is 0 Å². The predicted molar refractivity (Wildman–Crippen MR) is 132 cm³/mol. The van der Waals surface area contributed by atoms with Gasteiger partial charge in [0.2, 0.25) is 6.79 Å². The Labute approximate surface area is 212 Å². The van der Waals surface area contributed by atoms with Crippen molar-refractivity contribution in [1.82, 2.24) is 14.8 Å². The number of nitro benzene ring substituents is 1. The lowest BCUT2D eigenvalue weighted by atomic mass is 9.99. The minimum absolute atomic E-state index is 0.0592. The number of hydrogen-bond acceptors (Lipinski definition) is 7. The zero-order valence-electron chi connectivity index (χ0n) is 19.8. The van der Waals surface area contributed by atoms with Crippen LogP contribution in [0.2, 0.25) is 0 Å². The SMILES string of the molecule is O=C(NCc1ccc2c(c1)OCO2)c1ccc(CN2CCn3cccc3C2c2ccc([N+](=O)[O-])cc2)o1. The van der Waals surface area contributed by atoms with Crippen molar-refractivity contribution in [3.63, 3.8) is 0 Å². The number of carbonyl (C=O) groups excluding carboxylic acids is 1. The highest BCUT2D eigenvalue weighted by Gasteiger charge is 2.30. The number of nitrogens with zero attached hydrogens (tertiary/aromatic N) is 3. The Kier molecular flexibility index (Phi) is 5.85. The molecule has 0 aliphatic carbocycles. The summed E-state index contributed by atoms with van der Waals surface area (Å²) in [5.41, 5.74) is 3.02. The van der Waals surface area contributed by atoms with Gasteiger partial charge in [0.15, 0.2) is 17.3 Å². The summed E-state index contributed by atoms with van der Waals surface area (Å²) < 4.78 is 18.8. The van der Waals surface area contributed by atoms with Crippen molar-refractivity contribution in [3.05, 3.63) is 111 Å². The summed E-state index contributed by atoms with van der Waals surface area (Å²) in [7, 11) is 0. The van der Waals surface area contributed by atoms with Crippen LogP contribution < -0.4 is 14.8 Å². The van der Waals surface area contributed by atoms with Gasteiger partial charge in [0.1, 0.15) is 5.76 Å². The van der Waals surface area contributed by atoms with Crippen LogP contribution >= 0.6 is 0 Å². The number of carbonyl (C=O) groups is 1. The maximum absolute atomic E-state index is 12.7. The van der Waals surface area contributed by atoms with Gasteiger partial charge in [-0.25, -0.2) is 0 Å². The highest BCUT2D eigenvalue weighted by atomic mass is 16.7. The molecule has 0 radical (unpaired) electrons. The third-order valence-corrected chi connectivity index (χ3v) is 6.69. The molecule has 0 saturated carbocycles. The van der Waals surface area contributed by atoms with Crippen LogP contribution in [-0.2, 0) is 19.6 Å². The molecule has 0 fully saturated rings. The molecule has 0 spiro atoms. The normalized spacial score (nSPS) is 16.4. The van der Waals surface area contributed by atoms with Gasteiger partial charge in [0, 0.05) is 43.7 Å². The van der Waals surface area contributed by atoms with Gasteiger partial charge < -0.3 is 23.8 Å². The first-order valence-electron chi connectivity index (χ1n) is 11.9. The topological polar surface area (TPSA) is 112 Å². The zero-order valence-corrected chi connectivity index (χ0v) is 19.8. The Balaban J connectivity index is 1.15. The van der Waals surface area contributed by atoms with Crippen LogP contribution in [0.4, 0.5) is 5.69 Å². The summed E-state index contributed by atoms with van der Waals surface area (Å²) in [4.78, 5) is 25.7. The molecule has 2 aliphatic heterocycles. The molecule has 2 aromatic carbocycles. The molecular formula is C27H24N4O6. The maximum atomic E-state index is 12.7. The fourth-order valence-electron chi connectivity index (χ4n) is 4.87. The van der Waals surface area contributed by atoms with E-state index in [0.717, 1.165) is 29.9 Å². The molecule has 4 heterocycles. The first-order valence-corrected chi connectivity index (χ1v) is 11.9. The summed E-state index contributed by atoms with van der Waals surface area (Å²) in [6.07, 6.45) is 2.04. The largest absolute Gasteiger partial charge is 0.455 e. The van der Waals surface area contributed by atoms with Crippen LogP contribution in [-0.4, -0.2) is 33.6 Å². The highest BCUT2D eigenvalue weighted by Crippen LogP contribution is 2.35. The van der Waals surface area contributed by atoms with Gasteiger partial charge in [-0.05, 0) is 47.5 Å². The molecule has 6 rings (SSSR count). The quantitative estimate of drug-likeness (QED) is 0.298. The van der Waals surface area contributed by atoms with E-state index < -0.39 is 4.92 Å². The average Bonchev–Trinajstić information content (AvgIpc) is 3.68. The van der Waals surface area contributed by atoms with Gasteiger partial charge in [0.05, 0.1) is 17.5 Å². The highest BCUT2D eigenvalue weighted by molar-refractivity contribution is 5.91. The van der Waals surface area contributed by atoms with Crippen LogP contribution in [0.1, 0.15) is 39.2 Å². The molecule has 37 heavy (non-hydrogen) atoms. The standard InChI is InChI=1S/C27H24N4O6/c32-27(28-15-18-3-9-23-25(14-18)36-17-35-23)24-10-8-21(37-24)16-30-13-12-29-11-1-2-22(29)26(30)19-4-6-20(7-5-19)31(33)34/h1-11,14,26H,12-13,15-17H2,(H,28,32). The second-order valence-electron chi connectivity index (χ2n) is 8.98. The monoisotopic (exact) mass is 500 g/mol. The minimum atomic E-state index is -0.396. The van der Waals surface area contributed by atoms with E-state index in [-0.39, 0.29) is 30.2 Å². The second-order valence-corrected chi connectivity index (χ2v) is 8.98. The maximum Gasteiger partial charge on any atom is 0.287 e. The van der Waals surface area contributed by atoms with Crippen molar-refractivity contribution in [2.24, 2.45) is 0 Å². The lowest BCUT2D eigenvalue weighted by Crippen LogP contribution is -2.37. The third kappa shape index (κ3) is 4.54. The number of hydrogen-bond donors (Lipinski definition) is 1. The Bertz CT molecular complexity index is 1460. The molecule has 1 unspecified atom stereocenters. The summed E-state index contributed by atoms with van der Waals surface area (Å²) in [5.74, 6) is 1.97. The van der Waals surface area contributed by atoms with E-state index in [1.807, 2.05) is 36.5 Å². The fourth-order valence-corrected chi connectivity index (χ4v) is 4.87. The second kappa shape index (κ2) is 9.47. The number of aromatic nitrogens is 1. The molecule has 10 nitrogen and oxygen atoms in total. The van der Waals surface area contributed by atoms with E-state index in [4.69, 9.17) is 13.9 Å². The molecule has 1 atom stereocenters. The lowest BCUT2D eigenvalue weighted by molar-refractivity contribution is -0.384. The van der Waals surface area contributed by atoms with E-state index in [1.54, 1.807) is 18.2 Å². The summed E-state index contributed by atoms with van der Waals surface area (Å²) >= 11 is 0. The number of rotatable bonds is 7. The Morgan fingerprint density at radius 3 is 2.70 bits per heavy atom. The van der Waals surface area contributed by atoms with Crippen molar-refractivity contribution in [2.75, 3.05) is 13.3 Å². The number of amides is 1. The molecule has 1 N–H and O–H groups in total. The van der Waals surface area contributed by atoms with Crippen molar-refractivity contribution < 1.29 is 23.6 Å². The van der Waals surface area contributed by atoms with Gasteiger partial charge in [0.25, 0.3) is 11.6 Å². The van der Waals surface area contributed by atoms with Crippen LogP contribution in [0, 0.1) is 10.1 Å². The first-order chi connectivity index (χ1) is 18.0. The fraction of sp³-hybridized carbons (Fsp3) is 0.222. The molecule has 0 bridgehead atoms. The molecule has 0 saturated heterocycles. The van der Waals surface area contributed by atoms with Gasteiger partial charge >= 0.3 is 0 Å². The Morgan fingerprint density at radius 2 is 1.86 bits per heavy atom. The van der Waals surface area contributed by atoms with Crippen LogP contribution in [0.5, 0.6) is 11.5 Å². The Morgan fingerprint density at radius 1 is 1.03 bits per heavy atom. The van der Waals surface area contributed by atoms with Crippen molar-refractivity contribution in [3.8, 4) is 11.5 Å². The lowest BCUT2D eigenvalue weighted by Gasteiger charge is -2.36. The van der Waals surface area contributed by atoms with Crippen LogP contribution in [0.25, 0.3) is 0 Å². The number of ether oxygens (including phenoxy) is 2. The molecular weight excluding hydrogens is 476 g/mol. The smallest absolute Gasteiger partial charge is 0.287 e. The summed E-state index contributed by atoms with van der Waals surface area (Å²) in [6.45, 7) is 2.60. The van der Waals surface area contributed by atoms with E-state index >= 15 is 0 Å². The number of fused-ring (bicyclic) bond motifs is 2. The van der Waals surface area contributed by atoms with Crippen LogP contribution in [0.3, 0.4) is 0 Å². The summed E-state index contributed by atoms with van der Waals surface area (Å²) in [5, 5.41) is 14.0. The first kappa shape index (κ1) is 22.9. The molecule has 2 aliphatic rings. The number of benzene rings is 2. The minimum Gasteiger partial charge on any atom is -0.455 e. The van der Waals surface area contributed by atoms with Gasteiger partial charge in [-0.3, -0.25) is 19.8 Å². The van der Waals surface area contributed by atoms with Gasteiger partial charge in [-0.15, -0.1) is 0 Å². The number of nitro groups is 1. The van der Waals surface area contributed by atoms with Crippen molar-refractivity contribution >= 4 is 11.6 Å². The van der Waals surface area contributed by atoms with E-state index in [2.05, 4.69) is 20.9 Å². The number of non-ortho nitro benzene ring substituents is 1. The van der Waals surface area contributed by atoms with E-state index in [9.17, 15) is 14.9 Å². The third-order valence-electron chi connectivity index (χ3n) is 6.69. The molecule has 10 heteroatoms. The number of furan rings is 1. The predicted octanol–water partition coefficient (Wildman–Crippen LogP) is 4.25. The van der Waals surface area contributed by atoms with E-state index in [1.165, 1.54) is 12.1 Å². The van der Waals surface area contributed by atoms with Crippen LogP contribution in [0.15, 0.2) is 77.3 Å². The Hall–Kier alpha value is -4.57. The summed E-state index contributed by atoms with van der Waals surface area (Å²) in [6, 6.07) is 19.7. The molecule has 2 aromatic heterocycles. The molecule has 4 aromatic rings. The van der Waals surface area contributed by atoms with Gasteiger partial charge in [-0.1, -0.05) is 18.2 Å². The molecule has 188 valence electrons. The number of nitrogens with one attached hydrogen (secondary N) is 1. The van der Waals surface area contributed by atoms with E-state index in [0.29, 0.717) is 30.3 Å². The van der Waals surface area contributed by atoms with Crippen molar-refractivity contribution in [2.45, 2.75) is 25.7 Å². The van der Waals surface area contributed by atoms with Gasteiger partial charge in [-0.2, -0.15) is 0 Å². The average molecular weight is 501 g/mol. The zero-order chi connectivity index (χ0) is 25.4. The molecule has 1 amide bonds.